The van der Waals surface area contributed by atoms with Crippen LogP contribution >= 0.6 is 0 Å². The summed E-state index contributed by atoms with van der Waals surface area (Å²) in [6.45, 7) is 3.80. The van der Waals surface area contributed by atoms with Gasteiger partial charge in [-0.3, -0.25) is 4.79 Å². The lowest BCUT2D eigenvalue weighted by Crippen LogP contribution is -2.51. The zero-order valence-corrected chi connectivity index (χ0v) is 10.8. The van der Waals surface area contributed by atoms with Gasteiger partial charge >= 0.3 is 6.09 Å². The lowest BCUT2D eigenvalue weighted by atomic mass is 10.0. The van der Waals surface area contributed by atoms with Crippen molar-refractivity contribution < 1.29 is 14.3 Å². The molecule has 0 saturated heterocycles. The zero-order chi connectivity index (χ0) is 12.8. The first-order valence-corrected chi connectivity index (χ1v) is 6.19. The summed E-state index contributed by atoms with van der Waals surface area (Å²) in [6.07, 6.45) is 3.85. The Morgan fingerprint density at radius 1 is 1.24 bits per heavy atom. The number of carbonyl (C=O) groups excluding carboxylic acids is 2. The molecule has 2 amide bonds. The van der Waals surface area contributed by atoms with E-state index in [9.17, 15) is 9.59 Å². The second-order valence-corrected chi connectivity index (χ2v) is 4.85. The van der Waals surface area contributed by atoms with E-state index in [1.807, 2.05) is 13.8 Å². The summed E-state index contributed by atoms with van der Waals surface area (Å²) in [7, 11) is 1.29. The highest BCUT2D eigenvalue weighted by Crippen LogP contribution is 2.18. The molecular formula is C12H22N2O3. The van der Waals surface area contributed by atoms with Crippen molar-refractivity contribution >= 4 is 12.0 Å². The van der Waals surface area contributed by atoms with Crippen LogP contribution in [-0.4, -0.2) is 31.2 Å². The van der Waals surface area contributed by atoms with Crippen molar-refractivity contribution in [1.29, 1.82) is 0 Å². The number of rotatable bonds is 4. The van der Waals surface area contributed by atoms with E-state index >= 15 is 0 Å². The van der Waals surface area contributed by atoms with Crippen LogP contribution < -0.4 is 10.6 Å². The molecule has 1 aliphatic rings. The Labute approximate surface area is 102 Å². The standard InChI is InChI=1S/C12H22N2O3/c1-8(2)10(14-12(16)17-3)11(15)13-9-6-4-5-7-9/h8-10H,4-7H2,1-3H3,(H,13,15)(H,14,16). The molecule has 1 fully saturated rings. The van der Waals surface area contributed by atoms with Crippen LogP contribution in [0.1, 0.15) is 39.5 Å². The third kappa shape index (κ3) is 4.24. The van der Waals surface area contributed by atoms with Gasteiger partial charge in [0.2, 0.25) is 5.91 Å². The van der Waals surface area contributed by atoms with E-state index in [-0.39, 0.29) is 17.9 Å². The minimum Gasteiger partial charge on any atom is -0.453 e. The molecule has 1 rings (SSSR count). The molecule has 1 unspecified atom stereocenters. The highest BCUT2D eigenvalue weighted by Gasteiger charge is 2.27. The fourth-order valence-corrected chi connectivity index (χ4v) is 2.08. The summed E-state index contributed by atoms with van der Waals surface area (Å²) < 4.78 is 4.52. The van der Waals surface area contributed by atoms with Crippen LogP contribution in [0.15, 0.2) is 0 Å². The molecule has 1 saturated carbocycles. The number of methoxy groups -OCH3 is 1. The molecule has 0 heterocycles. The van der Waals surface area contributed by atoms with Crippen molar-refractivity contribution in [2.45, 2.75) is 51.6 Å². The summed E-state index contributed by atoms with van der Waals surface area (Å²) in [5.74, 6) is -0.0761. The molecule has 0 bridgehead atoms. The number of hydrogen-bond acceptors (Lipinski definition) is 3. The normalized spacial score (nSPS) is 17.9. The molecule has 0 aromatic rings. The number of alkyl carbamates (subject to hydrolysis) is 1. The van der Waals surface area contributed by atoms with Gasteiger partial charge < -0.3 is 15.4 Å². The summed E-state index contributed by atoms with van der Waals surface area (Å²) in [5, 5.41) is 5.55. The largest absolute Gasteiger partial charge is 0.453 e. The molecule has 1 atom stereocenters. The van der Waals surface area contributed by atoms with E-state index in [4.69, 9.17) is 0 Å². The second-order valence-electron chi connectivity index (χ2n) is 4.85. The number of carbonyl (C=O) groups is 2. The fourth-order valence-electron chi connectivity index (χ4n) is 2.08. The van der Waals surface area contributed by atoms with E-state index in [0.717, 1.165) is 12.8 Å². The predicted octanol–water partition coefficient (Wildman–Crippen LogP) is 1.43. The molecule has 0 spiro atoms. The van der Waals surface area contributed by atoms with Gasteiger partial charge in [0, 0.05) is 6.04 Å². The number of ether oxygens (including phenoxy) is 1. The van der Waals surface area contributed by atoms with E-state index < -0.39 is 12.1 Å². The van der Waals surface area contributed by atoms with Crippen LogP contribution in [0.5, 0.6) is 0 Å². The Bertz CT molecular complexity index is 273. The Hall–Kier alpha value is -1.26. The van der Waals surface area contributed by atoms with E-state index in [0.29, 0.717) is 0 Å². The van der Waals surface area contributed by atoms with Gasteiger partial charge in [-0.25, -0.2) is 4.79 Å². The summed E-state index contributed by atoms with van der Waals surface area (Å²) in [4.78, 5) is 23.2. The van der Waals surface area contributed by atoms with Crippen molar-refractivity contribution in [1.82, 2.24) is 10.6 Å². The Kier molecular flexibility index (Phi) is 5.25. The maximum absolute atomic E-state index is 12.0. The third-order valence-corrected chi connectivity index (χ3v) is 3.11. The van der Waals surface area contributed by atoms with Gasteiger partial charge in [-0.2, -0.15) is 0 Å². The molecule has 17 heavy (non-hydrogen) atoms. The van der Waals surface area contributed by atoms with Crippen molar-refractivity contribution in [2.24, 2.45) is 5.92 Å². The molecule has 2 N–H and O–H groups in total. The van der Waals surface area contributed by atoms with Gasteiger partial charge in [-0.05, 0) is 18.8 Å². The molecule has 1 aliphatic carbocycles. The average Bonchev–Trinajstić information content (AvgIpc) is 2.77. The Balaban J connectivity index is 2.50. The quantitative estimate of drug-likeness (QED) is 0.783. The Morgan fingerprint density at radius 2 is 1.82 bits per heavy atom. The maximum Gasteiger partial charge on any atom is 0.407 e. The van der Waals surface area contributed by atoms with Crippen LogP contribution in [0.2, 0.25) is 0 Å². The Morgan fingerprint density at radius 3 is 2.29 bits per heavy atom. The van der Waals surface area contributed by atoms with Crippen molar-refractivity contribution in [3.63, 3.8) is 0 Å². The van der Waals surface area contributed by atoms with Crippen LogP contribution in [0, 0.1) is 5.92 Å². The lowest BCUT2D eigenvalue weighted by molar-refractivity contribution is -0.124. The minimum absolute atomic E-state index is 0.0375. The van der Waals surface area contributed by atoms with E-state index in [1.54, 1.807) is 0 Å². The van der Waals surface area contributed by atoms with Crippen LogP contribution in [0.25, 0.3) is 0 Å². The van der Waals surface area contributed by atoms with E-state index in [1.165, 1.54) is 20.0 Å². The first-order chi connectivity index (χ1) is 8.04. The molecule has 0 aromatic carbocycles. The van der Waals surface area contributed by atoms with Crippen LogP contribution in [0.3, 0.4) is 0 Å². The number of hydrogen-bond donors (Lipinski definition) is 2. The van der Waals surface area contributed by atoms with Crippen LogP contribution in [0.4, 0.5) is 4.79 Å². The highest BCUT2D eigenvalue weighted by atomic mass is 16.5. The molecule has 5 heteroatoms. The molecular weight excluding hydrogens is 220 g/mol. The van der Waals surface area contributed by atoms with Crippen LogP contribution in [-0.2, 0) is 9.53 Å². The van der Waals surface area contributed by atoms with Gasteiger partial charge in [0.1, 0.15) is 6.04 Å². The van der Waals surface area contributed by atoms with Crippen molar-refractivity contribution in [3.05, 3.63) is 0 Å². The molecule has 98 valence electrons. The van der Waals surface area contributed by atoms with Gasteiger partial charge in [0.15, 0.2) is 0 Å². The smallest absolute Gasteiger partial charge is 0.407 e. The van der Waals surface area contributed by atoms with E-state index in [2.05, 4.69) is 15.4 Å². The maximum atomic E-state index is 12.0. The van der Waals surface area contributed by atoms with Crippen molar-refractivity contribution in [2.75, 3.05) is 7.11 Å². The SMILES string of the molecule is COC(=O)NC(C(=O)NC1CCCC1)C(C)C. The predicted molar refractivity (Wildman–Crippen MR) is 64.6 cm³/mol. The molecule has 0 aliphatic heterocycles. The average molecular weight is 242 g/mol. The fraction of sp³-hybridized carbons (Fsp3) is 0.833. The van der Waals surface area contributed by atoms with Gasteiger partial charge in [0.25, 0.3) is 0 Å². The molecule has 0 aromatic heterocycles. The summed E-state index contributed by atoms with van der Waals surface area (Å²) >= 11 is 0. The second kappa shape index (κ2) is 6.47. The summed E-state index contributed by atoms with van der Waals surface area (Å²) in [6, 6.07) is -0.258. The molecule has 5 nitrogen and oxygen atoms in total. The first-order valence-electron chi connectivity index (χ1n) is 6.19. The zero-order valence-electron chi connectivity index (χ0n) is 10.8. The van der Waals surface area contributed by atoms with Crippen molar-refractivity contribution in [3.8, 4) is 0 Å². The van der Waals surface area contributed by atoms with Gasteiger partial charge in [0.05, 0.1) is 7.11 Å². The topological polar surface area (TPSA) is 67.4 Å². The first kappa shape index (κ1) is 13.8. The summed E-state index contributed by atoms with van der Waals surface area (Å²) in [5.41, 5.74) is 0. The molecule has 0 radical (unpaired) electrons. The number of amides is 2. The minimum atomic E-state index is -0.565. The monoisotopic (exact) mass is 242 g/mol. The highest BCUT2D eigenvalue weighted by molar-refractivity contribution is 5.86. The third-order valence-electron chi connectivity index (χ3n) is 3.11. The van der Waals surface area contributed by atoms with Gasteiger partial charge in [-0.1, -0.05) is 26.7 Å². The number of nitrogens with one attached hydrogen (secondary N) is 2. The van der Waals surface area contributed by atoms with Gasteiger partial charge in [-0.15, -0.1) is 0 Å². The lowest BCUT2D eigenvalue weighted by Gasteiger charge is -2.23.